The summed E-state index contributed by atoms with van der Waals surface area (Å²) in [6.45, 7) is 9.83. The van der Waals surface area contributed by atoms with E-state index in [1.807, 2.05) is 69.8 Å². The molecular formula is C24H32N4O3. The lowest BCUT2D eigenvalue weighted by Crippen LogP contribution is -2.20. The average Bonchev–Trinajstić information content (AvgIpc) is 3.15. The molecule has 0 fully saturated rings. The van der Waals surface area contributed by atoms with Crippen LogP contribution < -0.4 is 11.3 Å². The average molecular weight is 425 g/mol. The molecule has 0 aliphatic carbocycles. The number of nitrogens with zero attached hydrogens (tertiary/aromatic N) is 3. The molecule has 7 heteroatoms. The van der Waals surface area contributed by atoms with Crippen LogP contribution in [0.4, 0.5) is 0 Å². The fourth-order valence-electron chi connectivity index (χ4n) is 4.36. The molecule has 1 amide bonds. The summed E-state index contributed by atoms with van der Waals surface area (Å²) in [6, 6.07) is 9.50. The van der Waals surface area contributed by atoms with Gasteiger partial charge in [-0.1, -0.05) is 25.1 Å². The van der Waals surface area contributed by atoms with E-state index in [-0.39, 0.29) is 5.56 Å². The minimum absolute atomic E-state index is 0.158. The molecule has 0 saturated heterocycles. The number of hydrogen-bond donors (Lipinski definition) is 1. The predicted octanol–water partition coefficient (Wildman–Crippen LogP) is 3.35. The van der Waals surface area contributed by atoms with Crippen LogP contribution in [0.5, 0.6) is 0 Å². The van der Waals surface area contributed by atoms with E-state index in [2.05, 4.69) is 4.57 Å². The fourth-order valence-corrected chi connectivity index (χ4v) is 4.36. The van der Waals surface area contributed by atoms with Gasteiger partial charge in [-0.2, -0.15) is 0 Å². The van der Waals surface area contributed by atoms with E-state index < -0.39 is 5.91 Å². The van der Waals surface area contributed by atoms with Crippen LogP contribution in [0.1, 0.15) is 47.7 Å². The maximum atomic E-state index is 13.6. The number of carbonyl (C=O) groups is 1. The standard InChI is InChI=1S/C24H32N4O3/c1-6-19-22(20(23(25)29)17(4)27(19)14-11-15-31-7-2)21-16(3)26(5)28(24(21)30)18-12-9-8-10-13-18/h8-10,12-13H,6-7,11,14-15H2,1-5H3,(H2,25,29). The van der Waals surface area contributed by atoms with E-state index >= 15 is 0 Å². The van der Waals surface area contributed by atoms with Crippen LogP contribution in [0.3, 0.4) is 0 Å². The van der Waals surface area contributed by atoms with Crippen LogP contribution in [0, 0.1) is 13.8 Å². The van der Waals surface area contributed by atoms with E-state index in [0.717, 1.165) is 29.2 Å². The van der Waals surface area contributed by atoms with E-state index in [4.69, 9.17) is 10.5 Å². The first-order valence-electron chi connectivity index (χ1n) is 10.8. The van der Waals surface area contributed by atoms with E-state index in [0.29, 0.717) is 42.9 Å². The van der Waals surface area contributed by atoms with Crippen molar-refractivity contribution in [3.8, 4) is 16.8 Å². The zero-order valence-electron chi connectivity index (χ0n) is 19.1. The van der Waals surface area contributed by atoms with Crippen LogP contribution in [0.25, 0.3) is 16.8 Å². The molecule has 3 rings (SSSR count). The third-order valence-corrected chi connectivity index (χ3v) is 5.89. The Morgan fingerprint density at radius 3 is 2.32 bits per heavy atom. The summed E-state index contributed by atoms with van der Waals surface area (Å²) in [7, 11) is 1.86. The van der Waals surface area contributed by atoms with Crippen molar-refractivity contribution in [3.63, 3.8) is 0 Å². The Morgan fingerprint density at radius 1 is 1.06 bits per heavy atom. The molecule has 7 nitrogen and oxygen atoms in total. The Kier molecular flexibility index (Phi) is 6.85. The molecule has 31 heavy (non-hydrogen) atoms. The molecule has 1 aromatic carbocycles. The van der Waals surface area contributed by atoms with Crippen molar-refractivity contribution >= 4 is 5.91 Å². The third kappa shape index (κ3) is 3.97. The molecule has 0 radical (unpaired) electrons. The molecular weight excluding hydrogens is 392 g/mol. The smallest absolute Gasteiger partial charge is 0.279 e. The van der Waals surface area contributed by atoms with Crippen molar-refractivity contribution in [2.45, 2.75) is 47.1 Å². The highest BCUT2D eigenvalue weighted by Gasteiger charge is 2.29. The van der Waals surface area contributed by atoms with Crippen molar-refractivity contribution in [1.82, 2.24) is 13.9 Å². The monoisotopic (exact) mass is 424 g/mol. The quantitative estimate of drug-likeness (QED) is 0.535. The van der Waals surface area contributed by atoms with Crippen molar-refractivity contribution in [2.75, 3.05) is 13.2 Å². The minimum atomic E-state index is -0.514. The Hall–Kier alpha value is -3.06. The van der Waals surface area contributed by atoms with Crippen LogP contribution in [0.15, 0.2) is 35.1 Å². The Balaban J connectivity index is 2.26. The zero-order valence-corrected chi connectivity index (χ0v) is 19.1. The van der Waals surface area contributed by atoms with Gasteiger partial charge >= 0.3 is 0 Å². The number of carbonyl (C=O) groups excluding carboxylic acids is 1. The van der Waals surface area contributed by atoms with Gasteiger partial charge in [0.25, 0.3) is 11.5 Å². The van der Waals surface area contributed by atoms with Gasteiger partial charge in [0.15, 0.2) is 0 Å². The molecule has 166 valence electrons. The summed E-state index contributed by atoms with van der Waals surface area (Å²) in [5.74, 6) is -0.514. The summed E-state index contributed by atoms with van der Waals surface area (Å²) in [4.78, 5) is 26.2. The summed E-state index contributed by atoms with van der Waals surface area (Å²) in [6.07, 6.45) is 1.49. The summed E-state index contributed by atoms with van der Waals surface area (Å²) in [5.41, 5.74) is 10.6. The molecule has 0 atom stereocenters. The third-order valence-electron chi connectivity index (χ3n) is 5.89. The van der Waals surface area contributed by atoms with Crippen LogP contribution >= 0.6 is 0 Å². The number of hydrogen-bond acceptors (Lipinski definition) is 3. The number of benzene rings is 1. The van der Waals surface area contributed by atoms with Crippen LogP contribution in [-0.2, 0) is 24.8 Å². The second-order valence-corrected chi connectivity index (χ2v) is 7.64. The fraction of sp³-hybridized carbons (Fsp3) is 0.417. The highest BCUT2D eigenvalue weighted by molar-refractivity contribution is 6.02. The lowest BCUT2D eigenvalue weighted by molar-refractivity contribution is 0.1000. The second kappa shape index (κ2) is 9.39. The molecule has 0 unspecified atom stereocenters. The van der Waals surface area contributed by atoms with Gasteiger partial charge in [0.2, 0.25) is 0 Å². The number of ether oxygens (including phenoxy) is 1. The molecule has 2 heterocycles. The summed E-state index contributed by atoms with van der Waals surface area (Å²) >= 11 is 0. The number of primary amides is 1. The maximum Gasteiger partial charge on any atom is 0.279 e. The topological polar surface area (TPSA) is 84.2 Å². The maximum absolute atomic E-state index is 13.6. The lowest BCUT2D eigenvalue weighted by Gasteiger charge is -2.11. The molecule has 0 aliphatic rings. The summed E-state index contributed by atoms with van der Waals surface area (Å²) in [5, 5.41) is 0. The normalized spacial score (nSPS) is 11.3. The van der Waals surface area contributed by atoms with E-state index in [9.17, 15) is 9.59 Å². The van der Waals surface area contributed by atoms with Gasteiger partial charge < -0.3 is 15.0 Å². The van der Waals surface area contributed by atoms with E-state index in [1.54, 1.807) is 4.68 Å². The van der Waals surface area contributed by atoms with Crippen molar-refractivity contribution in [3.05, 3.63) is 63.3 Å². The number of para-hydroxylation sites is 1. The Bertz CT molecular complexity index is 1140. The lowest BCUT2D eigenvalue weighted by atomic mass is 9.99. The van der Waals surface area contributed by atoms with E-state index in [1.165, 1.54) is 0 Å². The predicted molar refractivity (Wildman–Crippen MR) is 123 cm³/mol. The molecule has 2 N–H and O–H groups in total. The van der Waals surface area contributed by atoms with Crippen LogP contribution in [0.2, 0.25) is 0 Å². The van der Waals surface area contributed by atoms with Gasteiger partial charge in [0.1, 0.15) is 0 Å². The molecule has 3 aromatic rings. The Morgan fingerprint density at radius 2 is 1.74 bits per heavy atom. The van der Waals surface area contributed by atoms with Crippen LogP contribution in [-0.4, -0.2) is 33.1 Å². The van der Waals surface area contributed by atoms with Gasteiger partial charge in [-0.15, -0.1) is 0 Å². The first kappa shape index (κ1) is 22.6. The highest BCUT2D eigenvalue weighted by atomic mass is 16.5. The molecule has 0 saturated carbocycles. The van der Waals surface area contributed by atoms with Gasteiger partial charge in [0, 0.05) is 49.5 Å². The highest BCUT2D eigenvalue weighted by Crippen LogP contribution is 2.34. The van der Waals surface area contributed by atoms with Crippen molar-refractivity contribution < 1.29 is 9.53 Å². The number of nitrogens with two attached hydrogens (primary N) is 1. The van der Waals surface area contributed by atoms with Gasteiger partial charge in [-0.05, 0) is 45.7 Å². The largest absolute Gasteiger partial charge is 0.382 e. The number of amides is 1. The SMILES string of the molecule is CCOCCCn1c(C)c(C(N)=O)c(-c2c(C)n(C)n(-c3ccccc3)c2=O)c1CC. The second-order valence-electron chi connectivity index (χ2n) is 7.64. The molecule has 0 spiro atoms. The molecule has 0 aliphatic heterocycles. The molecule has 2 aromatic heterocycles. The van der Waals surface area contributed by atoms with Gasteiger partial charge in [0.05, 0.1) is 16.8 Å². The van der Waals surface area contributed by atoms with Crippen molar-refractivity contribution in [2.24, 2.45) is 12.8 Å². The Labute approximate surface area is 183 Å². The van der Waals surface area contributed by atoms with Gasteiger partial charge in [-0.3, -0.25) is 14.3 Å². The number of aromatic nitrogens is 3. The van der Waals surface area contributed by atoms with Gasteiger partial charge in [-0.25, -0.2) is 4.68 Å². The molecule has 0 bridgehead atoms. The first-order valence-corrected chi connectivity index (χ1v) is 10.8. The first-order chi connectivity index (χ1) is 14.8. The minimum Gasteiger partial charge on any atom is -0.382 e. The summed E-state index contributed by atoms with van der Waals surface area (Å²) < 4.78 is 11.1. The van der Waals surface area contributed by atoms with Crippen molar-refractivity contribution in [1.29, 1.82) is 0 Å². The zero-order chi connectivity index (χ0) is 22.7. The number of rotatable bonds is 9.